The number of hydrogen-bond acceptors (Lipinski definition) is 3. The predicted octanol–water partition coefficient (Wildman–Crippen LogP) is 3.86. The molecule has 110 valence electrons. The van der Waals surface area contributed by atoms with Crippen LogP contribution in [0.5, 0.6) is 5.75 Å². The van der Waals surface area contributed by atoms with E-state index in [1.54, 1.807) is 19.2 Å². The van der Waals surface area contributed by atoms with Gasteiger partial charge in [0.05, 0.1) is 13.2 Å². The standard InChI is InChI=1S/C17H24O3/c1-17(2)9-7-14(8-10-17)20-12-16(18)13-5-4-6-15(11-13)19-3/h4-6,11,14H,7-10,12H2,1-3H3. The number of methoxy groups -OCH3 is 1. The van der Waals surface area contributed by atoms with Crippen LogP contribution in [0.2, 0.25) is 0 Å². The molecule has 1 saturated carbocycles. The molecule has 1 fully saturated rings. The summed E-state index contributed by atoms with van der Waals surface area (Å²) in [5.41, 5.74) is 1.08. The molecule has 0 aromatic heterocycles. The van der Waals surface area contributed by atoms with Crippen molar-refractivity contribution in [2.24, 2.45) is 5.41 Å². The first-order valence-electron chi connectivity index (χ1n) is 7.29. The molecular formula is C17H24O3. The van der Waals surface area contributed by atoms with Gasteiger partial charge in [0, 0.05) is 5.56 Å². The summed E-state index contributed by atoms with van der Waals surface area (Å²) in [5, 5.41) is 0. The van der Waals surface area contributed by atoms with Crippen molar-refractivity contribution in [3.63, 3.8) is 0 Å². The molecule has 0 saturated heterocycles. The minimum Gasteiger partial charge on any atom is -0.497 e. The van der Waals surface area contributed by atoms with Gasteiger partial charge in [0.1, 0.15) is 12.4 Å². The fourth-order valence-corrected chi connectivity index (χ4v) is 2.61. The van der Waals surface area contributed by atoms with Crippen LogP contribution in [-0.4, -0.2) is 25.6 Å². The van der Waals surface area contributed by atoms with Crippen LogP contribution in [0.1, 0.15) is 49.9 Å². The Kier molecular flexibility index (Phi) is 4.81. The molecule has 0 atom stereocenters. The Bertz CT molecular complexity index is 455. The maximum absolute atomic E-state index is 12.1. The van der Waals surface area contributed by atoms with Gasteiger partial charge in [-0.1, -0.05) is 26.0 Å². The van der Waals surface area contributed by atoms with E-state index in [4.69, 9.17) is 9.47 Å². The van der Waals surface area contributed by atoms with Crippen LogP contribution in [0.4, 0.5) is 0 Å². The summed E-state index contributed by atoms with van der Waals surface area (Å²) in [4.78, 5) is 12.1. The fraction of sp³-hybridized carbons (Fsp3) is 0.588. The minimum atomic E-state index is 0.0220. The number of benzene rings is 1. The monoisotopic (exact) mass is 276 g/mol. The summed E-state index contributed by atoms with van der Waals surface area (Å²) in [6.45, 7) is 4.76. The van der Waals surface area contributed by atoms with Crippen LogP contribution in [0.3, 0.4) is 0 Å². The first-order chi connectivity index (χ1) is 9.50. The van der Waals surface area contributed by atoms with Crippen LogP contribution in [0.15, 0.2) is 24.3 Å². The lowest BCUT2D eigenvalue weighted by atomic mass is 9.76. The van der Waals surface area contributed by atoms with Gasteiger partial charge in [-0.3, -0.25) is 4.79 Å². The van der Waals surface area contributed by atoms with Crippen molar-refractivity contribution in [2.45, 2.75) is 45.6 Å². The fourth-order valence-electron chi connectivity index (χ4n) is 2.61. The molecule has 1 aromatic carbocycles. The Hall–Kier alpha value is -1.35. The summed E-state index contributed by atoms with van der Waals surface area (Å²) >= 11 is 0. The van der Waals surface area contributed by atoms with Gasteiger partial charge in [0.15, 0.2) is 5.78 Å². The highest BCUT2D eigenvalue weighted by Crippen LogP contribution is 2.36. The van der Waals surface area contributed by atoms with Crippen LogP contribution >= 0.6 is 0 Å². The van der Waals surface area contributed by atoms with Gasteiger partial charge in [-0.15, -0.1) is 0 Å². The molecular weight excluding hydrogens is 252 g/mol. The van der Waals surface area contributed by atoms with Crippen molar-refractivity contribution in [3.05, 3.63) is 29.8 Å². The number of ketones is 1. The van der Waals surface area contributed by atoms with Crippen LogP contribution in [0.25, 0.3) is 0 Å². The van der Waals surface area contributed by atoms with Crippen LogP contribution in [0, 0.1) is 5.41 Å². The molecule has 3 nitrogen and oxygen atoms in total. The Balaban J connectivity index is 1.83. The van der Waals surface area contributed by atoms with Crippen molar-refractivity contribution >= 4 is 5.78 Å². The average molecular weight is 276 g/mol. The zero-order chi connectivity index (χ0) is 14.6. The molecule has 20 heavy (non-hydrogen) atoms. The lowest BCUT2D eigenvalue weighted by molar-refractivity contribution is 0.00861. The third-order valence-electron chi connectivity index (χ3n) is 4.13. The maximum Gasteiger partial charge on any atom is 0.188 e. The number of carbonyl (C=O) groups excluding carboxylic acids is 1. The van der Waals surface area contributed by atoms with E-state index < -0.39 is 0 Å². The van der Waals surface area contributed by atoms with Crippen molar-refractivity contribution in [1.29, 1.82) is 0 Å². The topological polar surface area (TPSA) is 35.5 Å². The second-order valence-electron chi connectivity index (χ2n) is 6.33. The highest BCUT2D eigenvalue weighted by atomic mass is 16.5. The highest BCUT2D eigenvalue weighted by molar-refractivity contribution is 5.97. The SMILES string of the molecule is COc1cccc(C(=O)COC2CCC(C)(C)CC2)c1. The summed E-state index contributed by atoms with van der Waals surface area (Å²) in [5.74, 6) is 0.726. The van der Waals surface area contributed by atoms with E-state index in [0.717, 1.165) is 12.8 Å². The van der Waals surface area contributed by atoms with Crippen molar-refractivity contribution < 1.29 is 14.3 Å². The smallest absolute Gasteiger partial charge is 0.188 e. The molecule has 1 aliphatic rings. The number of ether oxygens (including phenoxy) is 2. The second kappa shape index (κ2) is 6.40. The third-order valence-corrected chi connectivity index (χ3v) is 4.13. The highest BCUT2D eigenvalue weighted by Gasteiger charge is 2.27. The van der Waals surface area contributed by atoms with Gasteiger partial charge in [0.25, 0.3) is 0 Å². The molecule has 0 spiro atoms. The van der Waals surface area contributed by atoms with Crippen LogP contribution < -0.4 is 4.74 Å². The summed E-state index contributed by atoms with van der Waals surface area (Å²) in [6.07, 6.45) is 4.69. The number of hydrogen-bond donors (Lipinski definition) is 0. The van der Waals surface area contributed by atoms with Gasteiger partial charge >= 0.3 is 0 Å². The lowest BCUT2D eigenvalue weighted by Crippen LogP contribution is -2.28. The first-order valence-corrected chi connectivity index (χ1v) is 7.29. The normalized spacial score (nSPS) is 18.8. The van der Waals surface area contributed by atoms with E-state index >= 15 is 0 Å². The van der Waals surface area contributed by atoms with Crippen LogP contribution in [-0.2, 0) is 4.74 Å². The minimum absolute atomic E-state index is 0.0220. The van der Waals surface area contributed by atoms with E-state index in [2.05, 4.69) is 13.8 Å². The first kappa shape index (κ1) is 15.0. The van der Waals surface area contributed by atoms with Crippen molar-refractivity contribution in [1.82, 2.24) is 0 Å². The summed E-state index contributed by atoms with van der Waals surface area (Å²) < 4.78 is 10.9. The molecule has 0 unspecified atom stereocenters. The largest absolute Gasteiger partial charge is 0.497 e. The van der Waals surface area contributed by atoms with E-state index in [1.807, 2.05) is 12.1 Å². The van der Waals surface area contributed by atoms with Gasteiger partial charge in [-0.05, 0) is 43.2 Å². The Labute approximate surface area is 121 Å². The van der Waals surface area contributed by atoms with E-state index in [0.29, 0.717) is 16.7 Å². The Morgan fingerprint density at radius 2 is 2.00 bits per heavy atom. The third kappa shape index (κ3) is 4.07. The number of Topliss-reactive ketones (excluding diaryl/α,β-unsaturated/α-hetero) is 1. The molecule has 2 rings (SSSR count). The molecule has 0 amide bonds. The molecule has 0 N–H and O–H groups in total. The zero-order valence-electron chi connectivity index (χ0n) is 12.6. The van der Waals surface area contributed by atoms with Gasteiger partial charge in [-0.2, -0.15) is 0 Å². The van der Waals surface area contributed by atoms with Crippen molar-refractivity contribution in [2.75, 3.05) is 13.7 Å². The maximum atomic E-state index is 12.1. The quantitative estimate of drug-likeness (QED) is 0.766. The molecule has 3 heteroatoms. The Morgan fingerprint density at radius 3 is 2.65 bits per heavy atom. The van der Waals surface area contributed by atoms with Crippen molar-refractivity contribution in [3.8, 4) is 5.75 Å². The molecule has 0 aliphatic heterocycles. The average Bonchev–Trinajstić information content (AvgIpc) is 2.46. The van der Waals surface area contributed by atoms with E-state index in [9.17, 15) is 4.79 Å². The van der Waals surface area contributed by atoms with Gasteiger partial charge in [0.2, 0.25) is 0 Å². The Morgan fingerprint density at radius 1 is 1.30 bits per heavy atom. The zero-order valence-corrected chi connectivity index (χ0v) is 12.6. The predicted molar refractivity (Wildman–Crippen MR) is 79.3 cm³/mol. The van der Waals surface area contributed by atoms with Gasteiger partial charge in [-0.25, -0.2) is 0 Å². The molecule has 0 bridgehead atoms. The van der Waals surface area contributed by atoms with E-state index in [-0.39, 0.29) is 18.5 Å². The summed E-state index contributed by atoms with van der Waals surface area (Å²) in [6, 6.07) is 7.23. The van der Waals surface area contributed by atoms with E-state index in [1.165, 1.54) is 12.8 Å². The molecule has 0 radical (unpaired) electrons. The number of rotatable bonds is 5. The van der Waals surface area contributed by atoms with Gasteiger partial charge < -0.3 is 9.47 Å². The number of carbonyl (C=O) groups is 1. The molecule has 1 aliphatic carbocycles. The summed E-state index contributed by atoms with van der Waals surface area (Å²) in [7, 11) is 1.60. The lowest BCUT2D eigenvalue weighted by Gasteiger charge is -2.34. The molecule has 1 aromatic rings. The second-order valence-corrected chi connectivity index (χ2v) is 6.33. The molecule has 0 heterocycles.